The summed E-state index contributed by atoms with van der Waals surface area (Å²) < 4.78 is 0. The normalized spacial score (nSPS) is 24.7. The number of hydrogen-bond donors (Lipinski definition) is 1. The highest BCUT2D eigenvalue weighted by atomic mass is 32.1. The average Bonchev–Trinajstić information content (AvgIpc) is 3.13. The number of carbonyl (C=O) groups is 2. The standard InChI is InChI=1S/C18H27N3O2S/c1-14-6-2-3-10-21(14)17(22)15-7-4-9-20(13-15)18(23)19-12-16-8-5-11-24-16/h5,8,11,14-15H,2-4,6-7,9-10,12-13H2,1H3,(H,19,23). The molecule has 2 aliphatic rings. The van der Waals surface area contributed by atoms with Gasteiger partial charge in [0.2, 0.25) is 5.91 Å². The van der Waals surface area contributed by atoms with Gasteiger partial charge >= 0.3 is 6.03 Å². The largest absolute Gasteiger partial charge is 0.340 e. The van der Waals surface area contributed by atoms with Crippen molar-refractivity contribution in [3.63, 3.8) is 0 Å². The third-order valence-corrected chi connectivity index (χ3v) is 6.01. The maximum absolute atomic E-state index is 12.8. The van der Waals surface area contributed by atoms with Crippen LogP contribution in [-0.4, -0.2) is 47.4 Å². The van der Waals surface area contributed by atoms with Crippen LogP contribution in [0.3, 0.4) is 0 Å². The van der Waals surface area contributed by atoms with Crippen molar-refractivity contribution in [2.24, 2.45) is 5.92 Å². The molecule has 0 bridgehead atoms. The van der Waals surface area contributed by atoms with E-state index in [4.69, 9.17) is 0 Å². The molecule has 3 amide bonds. The van der Waals surface area contributed by atoms with Gasteiger partial charge in [-0.05, 0) is 50.5 Å². The molecule has 3 heterocycles. The van der Waals surface area contributed by atoms with Crippen LogP contribution in [-0.2, 0) is 11.3 Å². The first-order valence-corrected chi connectivity index (χ1v) is 9.89. The first-order chi connectivity index (χ1) is 11.6. The molecule has 1 aromatic heterocycles. The first-order valence-electron chi connectivity index (χ1n) is 9.01. The van der Waals surface area contributed by atoms with Crippen LogP contribution in [0.2, 0.25) is 0 Å². The zero-order valence-corrected chi connectivity index (χ0v) is 15.2. The van der Waals surface area contributed by atoms with Crippen molar-refractivity contribution in [3.05, 3.63) is 22.4 Å². The van der Waals surface area contributed by atoms with E-state index in [2.05, 4.69) is 12.2 Å². The number of nitrogens with one attached hydrogen (secondary N) is 1. The quantitative estimate of drug-likeness (QED) is 0.912. The number of carbonyl (C=O) groups excluding carboxylic acids is 2. The number of likely N-dealkylation sites (tertiary alicyclic amines) is 2. The summed E-state index contributed by atoms with van der Waals surface area (Å²) >= 11 is 1.64. The summed E-state index contributed by atoms with van der Waals surface area (Å²) in [5.41, 5.74) is 0. The monoisotopic (exact) mass is 349 g/mol. The van der Waals surface area contributed by atoms with E-state index in [-0.39, 0.29) is 17.9 Å². The molecular formula is C18H27N3O2S. The number of urea groups is 1. The predicted molar refractivity (Wildman–Crippen MR) is 95.9 cm³/mol. The molecule has 1 N–H and O–H groups in total. The fraction of sp³-hybridized carbons (Fsp3) is 0.667. The van der Waals surface area contributed by atoms with Crippen molar-refractivity contribution in [2.75, 3.05) is 19.6 Å². The second-order valence-corrected chi connectivity index (χ2v) is 7.93. The van der Waals surface area contributed by atoms with Crippen LogP contribution >= 0.6 is 11.3 Å². The Bertz CT molecular complexity index is 561. The highest BCUT2D eigenvalue weighted by Crippen LogP contribution is 2.24. The Hall–Kier alpha value is -1.56. The minimum absolute atomic E-state index is 0.0354. The predicted octanol–water partition coefficient (Wildman–Crippen LogP) is 3.07. The third kappa shape index (κ3) is 4.09. The van der Waals surface area contributed by atoms with Gasteiger partial charge in [0.15, 0.2) is 0 Å². The lowest BCUT2D eigenvalue weighted by atomic mass is 9.94. The molecule has 0 saturated carbocycles. The number of rotatable bonds is 3. The minimum atomic E-state index is -0.0485. The van der Waals surface area contributed by atoms with Crippen molar-refractivity contribution in [3.8, 4) is 0 Å². The van der Waals surface area contributed by atoms with E-state index < -0.39 is 0 Å². The van der Waals surface area contributed by atoms with Crippen molar-refractivity contribution in [2.45, 2.75) is 51.6 Å². The topological polar surface area (TPSA) is 52.7 Å². The van der Waals surface area contributed by atoms with Gasteiger partial charge in [-0.25, -0.2) is 4.79 Å². The van der Waals surface area contributed by atoms with Gasteiger partial charge in [0.25, 0.3) is 0 Å². The molecule has 2 atom stereocenters. The number of hydrogen-bond acceptors (Lipinski definition) is 3. The van der Waals surface area contributed by atoms with Crippen molar-refractivity contribution in [1.29, 1.82) is 0 Å². The summed E-state index contributed by atoms with van der Waals surface area (Å²) in [6.45, 7) is 4.88. The highest BCUT2D eigenvalue weighted by molar-refractivity contribution is 7.09. The second kappa shape index (κ2) is 8.01. The maximum Gasteiger partial charge on any atom is 0.317 e. The summed E-state index contributed by atoms with van der Waals surface area (Å²) in [5.74, 6) is 0.213. The Balaban J connectivity index is 1.53. The van der Waals surface area contributed by atoms with Crippen molar-refractivity contribution >= 4 is 23.3 Å². The molecule has 0 aliphatic carbocycles. The Labute approximate surface area is 148 Å². The SMILES string of the molecule is CC1CCCCN1C(=O)C1CCCN(C(=O)NCc2cccs2)C1. The fourth-order valence-corrected chi connectivity index (χ4v) is 4.36. The molecule has 3 rings (SSSR count). The van der Waals surface area contributed by atoms with E-state index in [9.17, 15) is 9.59 Å². The van der Waals surface area contributed by atoms with Crippen LogP contribution in [0.1, 0.15) is 43.9 Å². The molecule has 0 aromatic carbocycles. The Morgan fingerprint density at radius 2 is 2.12 bits per heavy atom. The molecule has 6 heteroatoms. The van der Waals surface area contributed by atoms with E-state index in [1.807, 2.05) is 27.3 Å². The molecule has 5 nitrogen and oxygen atoms in total. The lowest BCUT2D eigenvalue weighted by Gasteiger charge is -2.39. The zero-order valence-electron chi connectivity index (χ0n) is 14.4. The van der Waals surface area contributed by atoms with E-state index in [1.54, 1.807) is 11.3 Å². The smallest absolute Gasteiger partial charge is 0.317 e. The maximum atomic E-state index is 12.8. The van der Waals surface area contributed by atoms with Crippen LogP contribution in [0.25, 0.3) is 0 Å². The first kappa shape index (κ1) is 17.3. The van der Waals surface area contributed by atoms with Gasteiger partial charge in [0.1, 0.15) is 0 Å². The molecule has 0 radical (unpaired) electrons. The van der Waals surface area contributed by atoms with E-state index in [0.717, 1.165) is 43.6 Å². The minimum Gasteiger partial charge on any atom is -0.340 e. The molecule has 2 unspecified atom stereocenters. The Morgan fingerprint density at radius 1 is 1.25 bits per heavy atom. The van der Waals surface area contributed by atoms with Gasteiger partial charge < -0.3 is 15.1 Å². The molecular weight excluding hydrogens is 322 g/mol. The molecule has 1 aromatic rings. The summed E-state index contributed by atoms with van der Waals surface area (Å²) in [6, 6.07) is 4.30. The van der Waals surface area contributed by atoms with Crippen LogP contribution in [0, 0.1) is 5.92 Å². The Morgan fingerprint density at radius 3 is 2.88 bits per heavy atom. The zero-order chi connectivity index (χ0) is 16.9. The van der Waals surface area contributed by atoms with Gasteiger partial charge in [-0.1, -0.05) is 6.07 Å². The number of thiophene rings is 1. The van der Waals surface area contributed by atoms with Gasteiger partial charge in [0, 0.05) is 30.6 Å². The van der Waals surface area contributed by atoms with Crippen LogP contribution in [0.5, 0.6) is 0 Å². The second-order valence-electron chi connectivity index (χ2n) is 6.90. The lowest BCUT2D eigenvalue weighted by Crippen LogP contribution is -2.51. The van der Waals surface area contributed by atoms with Gasteiger partial charge in [-0.15, -0.1) is 11.3 Å². The highest BCUT2D eigenvalue weighted by Gasteiger charge is 2.33. The van der Waals surface area contributed by atoms with Gasteiger partial charge in [-0.3, -0.25) is 4.79 Å². The molecule has 2 saturated heterocycles. The summed E-state index contributed by atoms with van der Waals surface area (Å²) in [7, 11) is 0. The number of nitrogens with zero attached hydrogens (tertiary/aromatic N) is 2. The van der Waals surface area contributed by atoms with Crippen LogP contribution in [0.15, 0.2) is 17.5 Å². The molecule has 0 spiro atoms. The summed E-state index contributed by atoms with van der Waals surface area (Å²) in [4.78, 5) is 30.2. The van der Waals surface area contributed by atoms with E-state index in [0.29, 0.717) is 19.1 Å². The average molecular weight is 350 g/mol. The van der Waals surface area contributed by atoms with Crippen molar-refractivity contribution < 1.29 is 9.59 Å². The summed E-state index contributed by atoms with van der Waals surface area (Å²) in [6.07, 6.45) is 5.23. The fourth-order valence-electron chi connectivity index (χ4n) is 3.71. The Kier molecular flexibility index (Phi) is 5.76. The molecule has 24 heavy (non-hydrogen) atoms. The number of amides is 3. The molecule has 132 valence electrons. The van der Waals surface area contributed by atoms with E-state index >= 15 is 0 Å². The van der Waals surface area contributed by atoms with Gasteiger partial charge in [0.05, 0.1) is 12.5 Å². The number of piperidine rings is 2. The molecule has 2 aliphatic heterocycles. The molecule has 2 fully saturated rings. The lowest BCUT2D eigenvalue weighted by molar-refractivity contribution is -0.140. The summed E-state index contributed by atoms with van der Waals surface area (Å²) in [5, 5.41) is 4.99. The third-order valence-electron chi connectivity index (χ3n) is 5.14. The van der Waals surface area contributed by atoms with Gasteiger partial charge in [-0.2, -0.15) is 0 Å². The van der Waals surface area contributed by atoms with E-state index in [1.165, 1.54) is 6.42 Å². The van der Waals surface area contributed by atoms with Crippen LogP contribution < -0.4 is 5.32 Å². The van der Waals surface area contributed by atoms with Crippen LogP contribution in [0.4, 0.5) is 4.79 Å². The van der Waals surface area contributed by atoms with Crippen molar-refractivity contribution in [1.82, 2.24) is 15.1 Å².